The number of hydrogen-bond acceptors (Lipinski definition) is 4. The molecule has 1 heterocycles. The number of thioether (sulfide) groups is 1. The van der Waals surface area contributed by atoms with Crippen LogP contribution >= 0.6 is 11.8 Å². The van der Waals surface area contributed by atoms with E-state index in [9.17, 15) is 0 Å². The van der Waals surface area contributed by atoms with Crippen LogP contribution in [0.5, 0.6) is 0 Å². The Bertz CT molecular complexity index is 430. The van der Waals surface area contributed by atoms with Crippen LogP contribution < -0.4 is 5.73 Å². The SMILES string of the molecule is CN(Cc1ccccc1/C(N)=N/O)C1CCSC1. The molecule has 98 valence electrons. The number of benzene rings is 1. The summed E-state index contributed by atoms with van der Waals surface area (Å²) in [4.78, 5) is 2.35. The highest BCUT2D eigenvalue weighted by Gasteiger charge is 2.20. The Balaban J connectivity index is 2.13. The Morgan fingerprint density at radius 1 is 1.56 bits per heavy atom. The van der Waals surface area contributed by atoms with Crippen LogP contribution in [0.4, 0.5) is 0 Å². The predicted octanol–water partition coefficient (Wildman–Crippen LogP) is 1.72. The molecule has 0 aliphatic carbocycles. The van der Waals surface area contributed by atoms with Gasteiger partial charge in [-0.1, -0.05) is 29.4 Å². The first-order chi connectivity index (χ1) is 8.72. The minimum atomic E-state index is 0.180. The first-order valence-electron chi connectivity index (χ1n) is 6.06. The van der Waals surface area contributed by atoms with Crippen molar-refractivity contribution in [1.29, 1.82) is 0 Å². The van der Waals surface area contributed by atoms with Crippen LogP contribution in [0.3, 0.4) is 0 Å². The van der Waals surface area contributed by atoms with E-state index in [0.29, 0.717) is 6.04 Å². The number of nitrogens with two attached hydrogens (primary N) is 1. The highest BCUT2D eigenvalue weighted by Crippen LogP contribution is 2.23. The van der Waals surface area contributed by atoms with Gasteiger partial charge in [-0.2, -0.15) is 11.8 Å². The van der Waals surface area contributed by atoms with E-state index in [4.69, 9.17) is 10.9 Å². The van der Waals surface area contributed by atoms with Gasteiger partial charge in [-0.05, 0) is 24.8 Å². The van der Waals surface area contributed by atoms with Crippen molar-refractivity contribution in [3.8, 4) is 0 Å². The molecule has 1 aliphatic heterocycles. The van der Waals surface area contributed by atoms with Crippen molar-refractivity contribution in [3.63, 3.8) is 0 Å². The second-order valence-electron chi connectivity index (χ2n) is 4.57. The van der Waals surface area contributed by atoms with Crippen LogP contribution in [0.1, 0.15) is 17.5 Å². The van der Waals surface area contributed by atoms with Crippen LogP contribution in [-0.2, 0) is 6.54 Å². The van der Waals surface area contributed by atoms with Gasteiger partial charge in [0, 0.05) is 23.9 Å². The first kappa shape index (κ1) is 13.2. The Morgan fingerprint density at radius 3 is 3.00 bits per heavy atom. The molecule has 4 nitrogen and oxygen atoms in total. The Kier molecular flexibility index (Phi) is 4.49. The summed E-state index contributed by atoms with van der Waals surface area (Å²) >= 11 is 2.01. The molecule has 0 spiro atoms. The molecule has 1 atom stereocenters. The maximum Gasteiger partial charge on any atom is 0.170 e. The van der Waals surface area contributed by atoms with Gasteiger partial charge in [0.2, 0.25) is 0 Å². The molecule has 1 unspecified atom stereocenters. The quantitative estimate of drug-likeness (QED) is 0.376. The van der Waals surface area contributed by atoms with E-state index in [1.54, 1.807) is 0 Å². The smallest absolute Gasteiger partial charge is 0.170 e. The fourth-order valence-electron chi connectivity index (χ4n) is 2.23. The third kappa shape index (κ3) is 2.97. The number of amidine groups is 1. The fourth-order valence-corrected chi connectivity index (χ4v) is 3.53. The molecule has 0 saturated carbocycles. The number of hydrogen-bond donors (Lipinski definition) is 2. The van der Waals surface area contributed by atoms with E-state index < -0.39 is 0 Å². The van der Waals surface area contributed by atoms with Crippen molar-refractivity contribution in [2.75, 3.05) is 18.6 Å². The van der Waals surface area contributed by atoms with Crippen molar-refractivity contribution in [1.82, 2.24) is 4.90 Å². The average Bonchev–Trinajstić information content (AvgIpc) is 2.92. The molecular weight excluding hydrogens is 246 g/mol. The molecule has 0 bridgehead atoms. The lowest BCUT2D eigenvalue weighted by Gasteiger charge is -2.24. The molecule has 1 aromatic carbocycles. The summed E-state index contributed by atoms with van der Waals surface area (Å²) in [5.74, 6) is 2.62. The summed E-state index contributed by atoms with van der Waals surface area (Å²) in [5.41, 5.74) is 7.62. The molecule has 1 aliphatic rings. The highest BCUT2D eigenvalue weighted by atomic mass is 32.2. The molecule has 5 heteroatoms. The summed E-state index contributed by atoms with van der Waals surface area (Å²) in [6.07, 6.45) is 1.24. The van der Waals surface area contributed by atoms with Crippen molar-refractivity contribution >= 4 is 17.6 Å². The van der Waals surface area contributed by atoms with Gasteiger partial charge in [0.15, 0.2) is 5.84 Å². The van der Waals surface area contributed by atoms with Crippen LogP contribution in [0.25, 0.3) is 0 Å². The molecular formula is C13H19N3OS. The summed E-state index contributed by atoms with van der Waals surface area (Å²) in [6.45, 7) is 0.831. The van der Waals surface area contributed by atoms with Crippen LogP contribution in [0, 0.1) is 0 Å². The zero-order chi connectivity index (χ0) is 13.0. The summed E-state index contributed by atoms with van der Waals surface area (Å²) in [7, 11) is 2.14. The third-order valence-corrected chi connectivity index (χ3v) is 4.49. The predicted molar refractivity (Wildman–Crippen MR) is 76.1 cm³/mol. The highest BCUT2D eigenvalue weighted by molar-refractivity contribution is 7.99. The van der Waals surface area contributed by atoms with Gasteiger partial charge in [-0.25, -0.2) is 0 Å². The van der Waals surface area contributed by atoms with Crippen molar-refractivity contribution in [2.45, 2.75) is 19.0 Å². The van der Waals surface area contributed by atoms with Gasteiger partial charge in [-0.15, -0.1) is 0 Å². The van der Waals surface area contributed by atoms with Crippen molar-refractivity contribution < 1.29 is 5.21 Å². The van der Waals surface area contributed by atoms with E-state index in [0.717, 1.165) is 17.7 Å². The lowest BCUT2D eigenvalue weighted by molar-refractivity contribution is 0.254. The van der Waals surface area contributed by atoms with Gasteiger partial charge in [0.1, 0.15) is 0 Å². The molecule has 1 fully saturated rings. The largest absolute Gasteiger partial charge is 0.409 e. The fraction of sp³-hybridized carbons (Fsp3) is 0.462. The molecule has 3 N–H and O–H groups in total. The number of nitrogens with zero attached hydrogens (tertiary/aromatic N) is 2. The summed E-state index contributed by atoms with van der Waals surface area (Å²) in [6, 6.07) is 8.45. The maximum absolute atomic E-state index is 8.80. The maximum atomic E-state index is 8.80. The normalized spacial score (nSPS) is 20.6. The van der Waals surface area contributed by atoms with Gasteiger partial charge < -0.3 is 10.9 Å². The molecule has 0 radical (unpaired) electrons. The standard InChI is InChI=1S/C13H19N3OS/c1-16(11-6-7-18-9-11)8-10-4-2-3-5-12(10)13(14)15-17/h2-5,11,17H,6-9H2,1H3,(H2,14,15). The lowest BCUT2D eigenvalue weighted by atomic mass is 10.1. The second kappa shape index (κ2) is 6.11. The van der Waals surface area contributed by atoms with Crippen molar-refractivity contribution in [2.24, 2.45) is 10.9 Å². The number of oxime groups is 1. The molecule has 2 rings (SSSR count). The molecule has 0 aromatic heterocycles. The van der Waals surface area contributed by atoms with Crippen molar-refractivity contribution in [3.05, 3.63) is 35.4 Å². The summed E-state index contributed by atoms with van der Waals surface area (Å²) in [5, 5.41) is 11.9. The Morgan fingerprint density at radius 2 is 2.33 bits per heavy atom. The van der Waals surface area contributed by atoms with Crippen LogP contribution in [0.15, 0.2) is 29.4 Å². The minimum Gasteiger partial charge on any atom is -0.409 e. The van der Waals surface area contributed by atoms with Gasteiger partial charge >= 0.3 is 0 Å². The topological polar surface area (TPSA) is 61.8 Å². The van der Waals surface area contributed by atoms with Gasteiger partial charge in [0.05, 0.1) is 0 Å². The lowest BCUT2D eigenvalue weighted by Crippen LogP contribution is -2.31. The van der Waals surface area contributed by atoms with E-state index >= 15 is 0 Å². The monoisotopic (exact) mass is 265 g/mol. The average molecular weight is 265 g/mol. The first-order valence-corrected chi connectivity index (χ1v) is 7.21. The molecule has 1 aromatic rings. The molecule has 18 heavy (non-hydrogen) atoms. The zero-order valence-electron chi connectivity index (χ0n) is 10.5. The minimum absolute atomic E-state index is 0.180. The third-order valence-electron chi connectivity index (χ3n) is 3.35. The Labute approximate surface area is 112 Å². The van der Waals surface area contributed by atoms with Crippen LogP contribution in [-0.4, -0.2) is 40.5 Å². The van der Waals surface area contributed by atoms with Crippen LogP contribution in [0.2, 0.25) is 0 Å². The van der Waals surface area contributed by atoms with E-state index in [2.05, 4.69) is 17.1 Å². The Hall–Kier alpha value is -1.20. The second-order valence-corrected chi connectivity index (χ2v) is 5.72. The van der Waals surface area contributed by atoms with Gasteiger partial charge in [-0.3, -0.25) is 4.90 Å². The number of rotatable bonds is 4. The van der Waals surface area contributed by atoms with E-state index in [1.165, 1.54) is 17.9 Å². The molecule has 0 amide bonds. The zero-order valence-corrected chi connectivity index (χ0v) is 11.4. The summed E-state index contributed by atoms with van der Waals surface area (Å²) < 4.78 is 0. The van der Waals surface area contributed by atoms with E-state index in [1.807, 2.05) is 36.0 Å². The van der Waals surface area contributed by atoms with E-state index in [-0.39, 0.29) is 5.84 Å². The molecule has 1 saturated heterocycles. The van der Waals surface area contributed by atoms with Gasteiger partial charge in [0.25, 0.3) is 0 Å².